The van der Waals surface area contributed by atoms with Gasteiger partial charge < -0.3 is 5.32 Å². The van der Waals surface area contributed by atoms with E-state index in [0.29, 0.717) is 5.56 Å². The fourth-order valence-corrected chi connectivity index (χ4v) is 1.73. The Morgan fingerprint density at radius 3 is 2.17 bits per heavy atom. The molecule has 1 N–H and O–H groups in total. The molecule has 0 aliphatic rings. The molecule has 0 atom stereocenters. The highest BCUT2D eigenvalue weighted by Crippen LogP contribution is 2.13. The van der Waals surface area contributed by atoms with Crippen LogP contribution in [0.3, 0.4) is 0 Å². The molecule has 0 amide bonds. The van der Waals surface area contributed by atoms with E-state index in [-0.39, 0.29) is 5.78 Å². The number of anilines is 1. The molecule has 0 heterocycles. The molecule has 0 saturated heterocycles. The third-order valence-electron chi connectivity index (χ3n) is 2.69. The van der Waals surface area contributed by atoms with Crippen molar-refractivity contribution in [1.82, 2.24) is 0 Å². The first kappa shape index (κ1) is 12.4. The average molecular weight is 238 g/mol. The van der Waals surface area contributed by atoms with E-state index in [4.69, 9.17) is 0 Å². The van der Waals surface area contributed by atoms with Crippen LogP contribution in [0.1, 0.15) is 22.3 Å². The second-order valence-electron chi connectivity index (χ2n) is 4.05. The van der Waals surface area contributed by atoms with Gasteiger partial charge >= 0.3 is 0 Å². The molecule has 0 bridgehead atoms. The Bertz CT molecular complexity index is 502. The molecule has 2 aromatic rings. The van der Waals surface area contributed by atoms with Crippen LogP contribution in [0.5, 0.6) is 0 Å². The van der Waals surface area contributed by atoms with E-state index in [1.165, 1.54) is 0 Å². The summed E-state index contributed by atoms with van der Waals surface area (Å²) in [5.41, 5.74) is 2.45. The van der Waals surface area contributed by atoms with Crippen molar-refractivity contribution in [2.24, 2.45) is 0 Å². The normalized spacial score (nSPS) is 10.1. The van der Waals surface area contributed by atoms with E-state index in [0.717, 1.165) is 24.2 Å². The van der Waals surface area contributed by atoms with E-state index in [1.807, 2.05) is 54.6 Å². The van der Waals surface area contributed by atoms with E-state index < -0.39 is 0 Å². The lowest BCUT2D eigenvalue weighted by Gasteiger charge is -2.05. The molecule has 0 aromatic heterocycles. The minimum Gasteiger partial charge on any atom is -0.385 e. The lowest BCUT2D eigenvalue weighted by atomic mass is 10.0. The van der Waals surface area contributed by atoms with Crippen LogP contribution < -0.4 is 5.32 Å². The molecular formula is C16H16NO. The maximum atomic E-state index is 12.1. The van der Waals surface area contributed by atoms with Gasteiger partial charge in [-0.25, -0.2) is 0 Å². The lowest BCUT2D eigenvalue weighted by molar-refractivity contribution is 0.103. The summed E-state index contributed by atoms with van der Waals surface area (Å²) in [5, 5.41) is 3.23. The van der Waals surface area contributed by atoms with Crippen LogP contribution in [0.15, 0.2) is 54.6 Å². The fourth-order valence-electron chi connectivity index (χ4n) is 1.73. The Hall–Kier alpha value is -2.09. The maximum absolute atomic E-state index is 12.1. The van der Waals surface area contributed by atoms with Crippen molar-refractivity contribution in [3.05, 3.63) is 72.6 Å². The van der Waals surface area contributed by atoms with Crippen LogP contribution in [0.25, 0.3) is 0 Å². The Morgan fingerprint density at radius 2 is 1.56 bits per heavy atom. The fraction of sp³-hybridized carbons (Fsp3) is 0.125. The van der Waals surface area contributed by atoms with Crippen LogP contribution in [-0.4, -0.2) is 12.3 Å². The minimum absolute atomic E-state index is 0.0549. The molecule has 0 saturated carbocycles. The molecule has 2 rings (SSSR count). The maximum Gasteiger partial charge on any atom is 0.193 e. The zero-order chi connectivity index (χ0) is 12.8. The number of benzene rings is 2. The molecule has 0 spiro atoms. The van der Waals surface area contributed by atoms with E-state index in [9.17, 15) is 4.79 Å². The number of carbonyl (C=O) groups excluding carboxylic acids is 1. The SMILES string of the molecule is [CH2]CCNc1ccc(C(=O)c2ccccc2)cc1. The average Bonchev–Trinajstić information content (AvgIpc) is 2.46. The first-order valence-corrected chi connectivity index (χ1v) is 6.04. The molecule has 18 heavy (non-hydrogen) atoms. The van der Waals surface area contributed by atoms with Gasteiger partial charge in [0.2, 0.25) is 0 Å². The molecular weight excluding hydrogens is 222 g/mol. The summed E-state index contributed by atoms with van der Waals surface area (Å²) >= 11 is 0. The highest BCUT2D eigenvalue weighted by molar-refractivity contribution is 6.09. The Kier molecular flexibility index (Phi) is 4.13. The van der Waals surface area contributed by atoms with Crippen LogP contribution in [-0.2, 0) is 0 Å². The van der Waals surface area contributed by atoms with Crippen molar-refractivity contribution in [2.75, 3.05) is 11.9 Å². The topological polar surface area (TPSA) is 29.1 Å². The number of nitrogens with one attached hydrogen (secondary N) is 1. The third-order valence-corrected chi connectivity index (χ3v) is 2.69. The number of carbonyl (C=O) groups is 1. The van der Waals surface area contributed by atoms with Crippen molar-refractivity contribution in [1.29, 1.82) is 0 Å². The quantitative estimate of drug-likeness (QED) is 0.807. The highest BCUT2D eigenvalue weighted by atomic mass is 16.1. The second-order valence-corrected chi connectivity index (χ2v) is 4.05. The first-order valence-electron chi connectivity index (χ1n) is 6.04. The van der Waals surface area contributed by atoms with Gasteiger partial charge in [-0.1, -0.05) is 37.3 Å². The monoisotopic (exact) mass is 238 g/mol. The molecule has 2 nitrogen and oxygen atoms in total. The highest BCUT2D eigenvalue weighted by Gasteiger charge is 2.07. The number of hydrogen-bond acceptors (Lipinski definition) is 2. The Labute approximate surface area is 108 Å². The summed E-state index contributed by atoms with van der Waals surface area (Å²) in [6.45, 7) is 4.61. The first-order chi connectivity index (χ1) is 8.81. The molecule has 91 valence electrons. The Morgan fingerprint density at radius 1 is 0.944 bits per heavy atom. The van der Waals surface area contributed by atoms with Crippen molar-refractivity contribution < 1.29 is 4.79 Å². The molecule has 0 aliphatic heterocycles. The van der Waals surface area contributed by atoms with Crippen LogP contribution in [0.4, 0.5) is 5.69 Å². The van der Waals surface area contributed by atoms with Gasteiger partial charge in [-0.05, 0) is 30.7 Å². The van der Waals surface area contributed by atoms with Crippen LogP contribution >= 0.6 is 0 Å². The number of rotatable bonds is 5. The molecule has 2 heteroatoms. The molecule has 0 unspecified atom stereocenters. The van der Waals surface area contributed by atoms with Crippen LogP contribution in [0, 0.1) is 6.92 Å². The van der Waals surface area contributed by atoms with Crippen LogP contribution in [0.2, 0.25) is 0 Å². The third kappa shape index (κ3) is 2.98. The standard InChI is InChI=1S/C16H16NO/c1-2-12-17-15-10-8-14(9-11-15)16(18)13-6-4-3-5-7-13/h3-11,17H,1-2,12H2. The smallest absolute Gasteiger partial charge is 0.193 e. The summed E-state index contributed by atoms with van der Waals surface area (Å²) in [4.78, 5) is 12.1. The second kappa shape index (κ2) is 6.01. The van der Waals surface area contributed by atoms with Crippen molar-refractivity contribution in [3.8, 4) is 0 Å². The summed E-state index contributed by atoms with van der Waals surface area (Å²) in [6, 6.07) is 16.9. The Balaban J connectivity index is 2.12. The van der Waals surface area contributed by atoms with Gasteiger partial charge in [0.05, 0.1) is 0 Å². The van der Waals surface area contributed by atoms with Gasteiger partial charge in [-0.3, -0.25) is 4.79 Å². The predicted molar refractivity (Wildman–Crippen MR) is 74.8 cm³/mol. The van der Waals surface area contributed by atoms with Crippen molar-refractivity contribution in [2.45, 2.75) is 6.42 Å². The number of hydrogen-bond donors (Lipinski definition) is 1. The van der Waals surface area contributed by atoms with Gasteiger partial charge in [0.15, 0.2) is 5.78 Å². The van der Waals surface area contributed by atoms with Crippen molar-refractivity contribution in [3.63, 3.8) is 0 Å². The molecule has 0 fully saturated rings. The van der Waals surface area contributed by atoms with Gasteiger partial charge in [0.25, 0.3) is 0 Å². The van der Waals surface area contributed by atoms with Gasteiger partial charge in [-0.2, -0.15) is 0 Å². The summed E-state index contributed by atoms with van der Waals surface area (Å²) in [7, 11) is 0. The van der Waals surface area contributed by atoms with Gasteiger partial charge in [0.1, 0.15) is 0 Å². The lowest BCUT2D eigenvalue weighted by Crippen LogP contribution is -2.02. The molecule has 2 aromatic carbocycles. The number of ketones is 1. The zero-order valence-corrected chi connectivity index (χ0v) is 10.2. The zero-order valence-electron chi connectivity index (χ0n) is 10.2. The summed E-state index contributed by atoms with van der Waals surface area (Å²) in [5.74, 6) is 0.0549. The largest absolute Gasteiger partial charge is 0.385 e. The summed E-state index contributed by atoms with van der Waals surface area (Å²) in [6.07, 6.45) is 0.838. The van der Waals surface area contributed by atoms with Gasteiger partial charge in [-0.15, -0.1) is 0 Å². The minimum atomic E-state index is 0.0549. The van der Waals surface area contributed by atoms with Gasteiger partial charge in [0, 0.05) is 23.4 Å². The van der Waals surface area contributed by atoms with Crippen molar-refractivity contribution >= 4 is 11.5 Å². The van der Waals surface area contributed by atoms with E-state index >= 15 is 0 Å². The molecule has 0 aliphatic carbocycles. The summed E-state index contributed by atoms with van der Waals surface area (Å²) < 4.78 is 0. The van der Waals surface area contributed by atoms with E-state index in [2.05, 4.69) is 12.2 Å². The predicted octanol–water partition coefficient (Wildman–Crippen LogP) is 3.55. The molecule has 1 radical (unpaired) electrons. The van der Waals surface area contributed by atoms with E-state index in [1.54, 1.807) is 0 Å².